The van der Waals surface area contributed by atoms with Crippen molar-refractivity contribution in [3.8, 4) is 0 Å². The molecule has 1 N–H and O–H groups in total. The molecule has 3 fully saturated rings. The minimum absolute atomic E-state index is 0.0956. The lowest BCUT2D eigenvalue weighted by atomic mass is 9.78. The lowest BCUT2D eigenvalue weighted by Gasteiger charge is -2.29. The highest BCUT2D eigenvalue weighted by molar-refractivity contribution is 5.90. The number of fused-ring (bicyclic) bond motifs is 2. The summed E-state index contributed by atoms with van der Waals surface area (Å²) in [6.45, 7) is 11.1. The molecule has 5 nitrogen and oxygen atoms in total. The monoisotopic (exact) mass is 306 g/mol. The van der Waals surface area contributed by atoms with Crippen LogP contribution in [0, 0.1) is 17.8 Å². The van der Waals surface area contributed by atoms with Gasteiger partial charge in [-0.15, -0.1) is 0 Å². The smallest absolute Gasteiger partial charge is 0.334 e. The van der Waals surface area contributed by atoms with E-state index in [9.17, 15) is 14.7 Å². The van der Waals surface area contributed by atoms with Gasteiger partial charge in [0.25, 0.3) is 0 Å². The Kier molecular flexibility index (Phi) is 3.44. The molecule has 0 amide bonds. The Morgan fingerprint density at radius 1 is 1.45 bits per heavy atom. The van der Waals surface area contributed by atoms with Gasteiger partial charge in [-0.25, -0.2) is 4.79 Å². The maximum atomic E-state index is 11.7. The summed E-state index contributed by atoms with van der Waals surface area (Å²) in [5, 5.41) is 10.8. The summed E-state index contributed by atoms with van der Waals surface area (Å²) < 4.78 is 10.8. The minimum Gasteiger partial charge on any atom is -0.462 e. The quantitative estimate of drug-likeness (QED) is 0.454. The second-order valence-electron chi connectivity index (χ2n) is 7.02. The maximum absolute atomic E-state index is 11.7. The molecule has 22 heavy (non-hydrogen) atoms. The Labute approximate surface area is 130 Å². The van der Waals surface area contributed by atoms with E-state index in [1.54, 1.807) is 6.92 Å². The van der Waals surface area contributed by atoms with E-state index in [1.165, 1.54) is 6.92 Å². The van der Waals surface area contributed by atoms with Crippen LogP contribution in [0.15, 0.2) is 24.3 Å². The number of rotatable bonds is 1. The molecule has 0 spiro atoms. The molecule has 0 radical (unpaired) electrons. The van der Waals surface area contributed by atoms with Gasteiger partial charge in [0.15, 0.2) is 0 Å². The number of aliphatic hydroxyl groups is 1. The number of hydrogen-bond donors (Lipinski definition) is 1. The number of hydrogen-bond acceptors (Lipinski definition) is 5. The van der Waals surface area contributed by atoms with E-state index in [2.05, 4.69) is 13.2 Å². The van der Waals surface area contributed by atoms with Gasteiger partial charge in [-0.1, -0.05) is 18.7 Å². The Balaban J connectivity index is 1.93. The predicted molar refractivity (Wildman–Crippen MR) is 78.7 cm³/mol. The first-order valence-electron chi connectivity index (χ1n) is 7.67. The van der Waals surface area contributed by atoms with E-state index in [4.69, 9.17) is 9.47 Å². The van der Waals surface area contributed by atoms with Gasteiger partial charge in [0.1, 0.15) is 12.2 Å². The van der Waals surface area contributed by atoms with Crippen molar-refractivity contribution in [2.75, 3.05) is 0 Å². The molecular weight excluding hydrogens is 284 g/mol. The summed E-state index contributed by atoms with van der Waals surface area (Å²) in [6, 6.07) is 0. The molecule has 0 aromatic rings. The van der Waals surface area contributed by atoms with E-state index in [-0.39, 0.29) is 41.9 Å². The van der Waals surface area contributed by atoms with Gasteiger partial charge in [-0.3, -0.25) is 4.79 Å². The van der Waals surface area contributed by atoms with Crippen LogP contribution < -0.4 is 0 Å². The first-order valence-corrected chi connectivity index (χ1v) is 7.67. The third kappa shape index (κ3) is 2.28. The fourth-order valence-corrected chi connectivity index (χ4v) is 4.42. The van der Waals surface area contributed by atoms with Crippen molar-refractivity contribution >= 4 is 11.9 Å². The fraction of sp³-hybridized carbons (Fsp3) is 0.647. The van der Waals surface area contributed by atoms with Crippen LogP contribution in [0.3, 0.4) is 0 Å². The van der Waals surface area contributed by atoms with Gasteiger partial charge >= 0.3 is 11.9 Å². The van der Waals surface area contributed by atoms with Gasteiger partial charge in [0.2, 0.25) is 0 Å². The van der Waals surface area contributed by atoms with Crippen LogP contribution in [0.25, 0.3) is 0 Å². The lowest BCUT2D eigenvalue weighted by molar-refractivity contribution is -0.148. The third-order valence-electron chi connectivity index (χ3n) is 5.42. The predicted octanol–water partition coefficient (Wildman–Crippen LogP) is 1.75. The average Bonchev–Trinajstić information content (AvgIpc) is 2.71. The van der Waals surface area contributed by atoms with Crippen molar-refractivity contribution in [2.24, 2.45) is 17.8 Å². The summed E-state index contributed by atoms with van der Waals surface area (Å²) in [5.74, 6) is -1.02. The molecule has 0 aromatic heterocycles. The Morgan fingerprint density at radius 2 is 2.14 bits per heavy atom. The number of esters is 2. The van der Waals surface area contributed by atoms with Crippen LogP contribution in [-0.4, -0.2) is 34.9 Å². The van der Waals surface area contributed by atoms with Crippen LogP contribution >= 0.6 is 0 Å². The van der Waals surface area contributed by atoms with Crippen molar-refractivity contribution in [1.82, 2.24) is 0 Å². The molecule has 2 saturated carbocycles. The maximum Gasteiger partial charge on any atom is 0.334 e. The van der Waals surface area contributed by atoms with E-state index in [1.807, 2.05) is 0 Å². The molecule has 1 saturated heterocycles. The molecule has 1 aliphatic heterocycles. The molecule has 2 aliphatic carbocycles. The van der Waals surface area contributed by atoms with Crippen molar-refractivity contribution < 1.29 is 24.2 Å². The standard InChI is InChI=1S/C17H22O5/c1-8-5-13-11(9(2)16(19)22-13)6-12-15(8)14(21-10(3)18)7-17(12,4)20/h11-15,20H,1-2,5-7H2,3-4H3/t11-,12-,13+,14+,15-,17-/m1/s1. The van der Waals surface area contributed by atoms with Crippen LogP contribution in [0.4, 0.5) is 0 Å². The first-order chi connectivity index (χ1) is 10.2. The number of carbonyl (C=O) groups excluding carboxylic acids is 2. The largest absolute Gasteiger partial charge is 0.462 e. The Bertz CT molecular complexity index is 561. The zero-order chi connectivity index (χ0) is 16.2. The van der Waals surface area contributed by atoms with Gasteiger partial charge in [-0.05, 0) is 19.3 Å². The zero-order valence-electron chi connectivity index (χ0n) is 13.0. The summed E-state index contributed by atoms with van der Waals surface area (Å²) >= 11 is 0. The van der Waals surface area contributed by atoms with E-state index in [0.717, 1.165) is 5.57 Å². The fourth-order valence-electron chi connectivity index (χ4n) is 4.42. The minimum atomic E-state index is -0.964. The molecule has 3 aliphatic rings. The van der Waals surface area contributed by atoms with Crippen molar-refractivity contribution in [3.63, 3.8) is 0 Å². The van der Waals surface area contributed by atoms with Crippen LogP contribution in [0.5, 0.6) is 0 Å². The highest BCUT2D eigenvalue weighted by atomic mass is 16.6. The van der Waals surface area contributed by atoms with Crippen LogP contribution in [-0.2, 0) is 19.1 Å². The lowest BCUT2D eigenvalue weighted by Crippen LogP contribution is -2.33. The summed E-state index contributed by atoms with van der Waals surface area (Å²) in [4.78, 5) is 23.1. The molecule has 5 heteroatoms. The van der Waals surface area contributed by atoms with Gasteiger partial charge in [0, 0.05) is 37.2 Å². The first kappa shape index (κ1) is 15.3. The van der Waals surface area contributed by atoms with Crippen molar-refractivity contribution in [2.45, 2.75) is 50.9 Å². The Hall–Kier alpha value is -1.62. The highest BCUT2D eigenvalue weighted by Gasteiger charge is 2.57. The van der Waals surface area contributed by atoms with E-state index >= 15 is 0 Å². The Morgan fingerprint density at radius 3 is 2.77 bits per heavy atom. The summed E-state index contributed by atoms with van der Waals surface area (Å²) in [5.41, 5.74) is 0.392. The molecule has 0 bridgehead atoms. The molecule has 1 heterocycles. The van der Waals surface area contributed by atoms with Crippen molar-refractivity contribution in [1.29, 1.82) is 0 Å². The molecule has 3 rings (SSSR count). The zero-order valence-corrected chi connectivity index (χ0v) is 13.0. The number of carbonyl (C=O) groups is 2. The van der Waals surface area contributed by atoms with Gasteiger partial charge in [-0.2, -0.15) is 0 Å². The molecule has 120 valence electrons. The molecule has 0 aromatic carbocycles. The second-order valence-corrected chi connectivity index (χ2v) is 7.02. The highest BCUT2D eigenvalue weighted by Crippen LogP contribution is 2.53. The normalized spacial score (nSPS) is 44.1. The topological polar surface area (TPSA) is 72.8 Å². The van der Waals surface area contributed by atoms with Gasteiger partial charge in [0.05, 0.1) is 5.60 Å². The average molecular weight is 306 g/mol. The van der Waals surface area contributed by atoms with Crippen LogP contribution in [0.2, 0.25) is 0 Å². The molecule has 6 atom stereocenters. The van der Waals surface area contributed by atoms with Crippen LogP contribution in [0.1, 0.15) is 33.1 Å². The van der Waals surface area contributed by atoms with E-state index in [0.29, 0.717) is 24.8 Å². The van der Waals surface area contributed by atoms with Gasteiger partial charge < -0.3 is 14.6 Å². The molecule has 0 unspecified atom stereocenters. The van der Waals surface area contributed by atoms with E-state index < -0.39 is 5.60 Å². The molecular formula is C17H22O5. The number of ether oxygens (including phenoxy) is 2. The SMILES string of the molecule is C=C1C[C@@H]2OC(=O)C(=C)[C@H]2C[C@@H]2[C@@H]1[C@@H](OC(C)=O)C[C@@]2(C)O. The summed E-state index contributed by atoms with van der Waals surface area (Å²) in [7, 11) is 0. The third-order valence-corrected chi connectivity index (χ3v) is 5.42. The van der Waals surface area contributed by atoms with Crippen molar-refractivity contribution in [3.05, 3.63) is 24.3 Å². The summed E-state index contributed by atoms with van der Waals surface area (Å²) in [6.07, 6.45) is 0.896. The second kappa shape index (κ2) is 4.95.